The summed E-state index contributed by atoms with van der Waals surface area (Å²) in [4.78, 5) is 4.56. The topological polar surface area (TPSA) is 45.1 Å². The molecule has 0 aliphatic heterocycles. The van der Waals surface area contributed by atoms with Crippen LogP contribution < -0.4 is 5.32 Å². The van der Waals surface area contributed by atoms with Gasteiger partial charge in [-0.2, -0.15) is 0 Å². The van der Waals surface area contributed by atoms with E-state index in [-0.39, 0.29) is 6.61 Å². The van der Waals surface area contributed by atoms with Crippen molar-refractivity contribution in [2.75, 3.05) is 18.5 Å². The van der Waals surface area contributed by atoms with Crippen LogP contribution >= 0.6 is 11.6 Å². The molecule has 2 N–H and O–H groups in total. The molecule has 0 aliphatic rings. The molecule has 0 fully saturated rings. The summed E-state index contributed by atoms with van der Waals surface area (Å²) in [5.74, 6) is 0.748. The number of rotatable bonds is 4. The van der Waals surface area contributed by atoms with Crippen LogP contribution in [-0.4, -0.2) is 23.2 Å². The molecule has 3 aromatic rings. The third kappa shape index (κ3) is 2.99. The Kier molecular flexibility index (Phi) is 4.04. The first-order valence-corrected chi connectivity index (χ1v) is 7.16. The number of nitrogens with one attached hydrogen (secondary N) is 1. The van der Waals surface area contributed by atoms with E-state index < -0.39 is 0 Å². The zero-order valence-corrected chi connectivity index (χ0v) is 12.1. The fraction of sp³-hybridized carbons (Fsp3) is 0.118. The summed E-state index contributed by atoms with van der Waals surface area (Å²) in [5, 5.41) is 13.8. The van der Waals surface area contributed by atoms with Crippen molar-refractivity contribution in [2.45, 2.75) is 0 Å². The lowest BCUT2D eigenvalue weighted by Crippen LogP contribution is -2.07. The molecule has 21 heavy (non-hydrogen) atoms. The van der Waals surface area contributed by atoms with Gasteiger partial charge in [0.25, 0.3) is 0 Å². The minimum atomic E-state index is 0.0704. The summed E-state index contributed by atoms with van der Waals surface area (Å²) in [6.07, 6.45) is 0. The van der Waals surface area contributed by atoms with Crippen molar-refractivity contribution in [1.29, 1.82) is 0 Å². The highest BCUT2D eigenvalue weighted by Gasteiger charge is 2.08. The average molecular weight is 299 g/mol. The van der Waals surface area contributed by atoms with E-state index in [0.29, 0.717) is 11.6 Å². The lowest BCUT2D eigenvalue weighted by Gasteiger charge is -2.11. The van der Waals surface area contributed by atoms with Gasteiger partial charge in [0.15, 0.2) is 0 Å². The van der Waals surface area contributed by atoms with E-state index in [1.54, 1.807) is 0 Å². The number of fused-ring (bicyclic) bond motifs is 1. The van der Waals surface area contributed by atoms with E-state index in [1.807, 2.05) is 42.5 Å². The summed E-state index contributed by atoms with van der Waals surface area (Å²) in [6, 6.07) is 17.8. The molecular formula is C17H15ClN2O. The van der Waals surface area contributed by atoms with Gasteiger partial charge in [-0.05, 0) is 35.4 Å². The molecule has 0 atom stereocenters. The van der Waals surface area contributed by atoms with Crippen molar-refractivity contribution in [3.05, 3.63) is 59.6 Å². The molecule has 1 aromatic heterocycles. The molecule has 0 saturated carbocycles. The number of halogens is 1. The first-order valence-electron chi connectivity index (χ1n) is 6.78. The Morgan fingerprint density at radius 3 is 2.62 bits per heavy atom. The molecule has 106 valence electrons. The highest BCUT2D eigenvalue weighted by molar-refractivity contribution is 6.31. The van der Waals surface area contributed by atoms with E-state index in [2.05, 4.69) is 22.4 Å². The van der Waals surface area contributed by atoms with Gasteiger partial charge in [-0.15, -0.1) is 0 Å². The molecule has 0 bridgehead atoms. The first-order chi connectivity index (χ1) is 10.3. The van der Waals surface area contributed by atoms with Crippen LogP contribution in [0.4, 0.5) is 5.82 Å². The summed E-state index contributed by atoms with van der Waals surface area (Å²) < 4.78 is 0. The molecule has 3 nitrogen and oxygen atoms in total. The van der Waals surface area contributed by atoms with Crippen LogP contribution in [0.3, 0.4) is 0 Å². The summed E-state index contributed by atoms with van der Waals surface area (Å²) in [6.45, 7) is 0.543. The van der Waals surface area contributed by atoms with Gasteiger partial charge >= 0.3 is 0 Å². The van der Waals surface area contributed by atoms with E-state index in [1.165, 1.54) is 0 Å². The van der Waals surface area contributed by atoms with Crippen LogP contribution in [0.1, 0.15) is 0 Å². The van der Waals surface area contributed by atoms with Crippen molar-refractivity contribution in [2.24, 2.45) is 0 Å². The molecule has 0 saturated heterocycles. The zero-order valence-electron chi connectivity index (χ0n) is 11.4. The number of benzene rings is 2. The average Bonchev–Trinajstić information content (AvgIpc) is 2.53. The minimum absolute atomic E-state index is 0.0704. The normalized spacial score (nSPS) is 10.8. The Balaban J connectivity index is 2.21. The van der Waals surface area contributed by atoms with Crippen LogP contribution in [-0.2, 0) is 0 Å². The van der Waals surface area contributed by atoms with E-state index in [0.717, 1.165) is 27.8 Å². The second kappa shape index (κ2) is 6.12. The molecule has 0 radical (unpaired) electrons. The third-order valence-electron chi connectivity index (χ3n) is 3.27. The number of anilines is 1. The SMILES string of the molecule is OCCNc1cc(-c2ccccc2)c2cc(Cl)ccc2n1. The number of aliphatic hydroxyl groups is 1. The van der Waals surface area contributed by atoms with Gasteiger partial charge in [0, 0.05) is 17.0 Å². The largest absolute Gasteiger partial charge is 0.395 e. The predicted octanol–water partition coefficient (Wildman–Crippen LogP) is 3.96. The maximum absolute atomic E-state index is 8.96. The maximum atomic E-state index is 8.96. The Bertz CT molecular complexity index is 759. The Hall–Kier alpha value is -2.10. The van der Waals surface area contributed by atoms with Gasteiger partial charge in [-0.1, -0.05) is 41.9 Å². The monoisotopic (exact) mass is 298 g/mol. The zero-order chi connectivity index (χ0) is 14.7. The van der Waals surface area contributed by atoms with Crippen molar-refractivity contribution >= 4 is 28.3 Å². The van der Waals surface area contributed by atoms with Gasteiger partial charge in [0.1, 0.15) is 5.82 Å². The lowest BCUT2D eigenvalue weighted by molar-refractivity contribution is 0.311. The molecule has 0 aliphatic carbocycles. The van der Waals surface area contributed by atoms with E-state index in [4.69, 9.17) is 16.7 Å². The number of nitrogens with zero attached hydrogens (tertiary/aromatic N) is 1. The van der Waals surface area contributed by atoms with Gasteiger partial charge < -0.3 is 10.4 Å². The van der Waals surface area contributed by atoms with Crippen LogP contribution in [0.5, 0.6) is 0 Å². The summed E-state index contributed by atoms with van der Waals surface area (Å²) in [7, 11) is 0. The highest BCUT2D eigenvalue weighted by atomic mass is 35.5. The minimum Gasteiger partial charge on any atom is -0.395 e. The number of hydrogen-bond acceptors (Lipinski definition) is 3. The summed E-state index contributed by atoms with van der Waals surface area (Å²) >= 11 is 6.13. The molecule has 0 amide bonds. The maximum Gasteiger partial charge on any atom is 0.127 e. The van der Waals surface area contributed by atoms with E-state index in [9.17, 15) is 0 Å². The number of pyridine rings is 1. The second-order valence-corrected chi connectivity index (χ2v) is 5.17. The molecule has 0 spiro atoms. The Labute approximate surface area is 128 Å². The van der Waals surface area contributed by atoms with Crippen LogP contribution in [0.25, 0.3) is 22.0 Å². The third-order valence-corrected chi connectivity index (χ3v) is 3.51. The van der Waals surface area contributed by atoms with E-state index >= 15 is 0 Å². The number of hydrogen-bond donors (Lipinski definition) is 2. The van der Waals surface area contributed by atoms with Crippen LogP contribution in [0, 0.1) is 0 Å². The van der Waals surface area contributed by atoms with Gasteiger partial charge in [-0.25, -0.2) is 4.98 Å². The number of aromatic nitrogens is 1. The van der Waals surface area contributed by atoms with Crippen molar-refractivity contribution in [3.63, 3.8) is 0 Å². The Morgan fingerprint density at radius 1 is 1.05 bits per heavy atom. The molecule has 0 unspecified atom stereocenters. The molecular weight excluding hydrogens is 284 g/mol. The van der Waals surface area contributed by atoms with Gasteiger partial charge in [0.2, 0.25) is 0 Å². The smallest absolute Gasteiger partial charge is 0.127 e. The van der Waals surface area contributed by atoms with Crippen molar-refractivity contribution < 1.29 is 5.11 Å². The highest BCUT2D eigenvalue weighted by Crippen LogP contribution is 2.31. The van der Waals surface area contributed by atoms with Gasteiger partial charge in [0.05, 0.1) is 12.1 Å². The lowest BCUT2D eigenvalue weighted by atomic mass is 10.0. The van der Waals surface area contributed by atoms with Crippen molar-refractivity contribution in [3.8, 4) is 11.1 Å². The van der Waals surface area contributed by atoms with Gasteiger partial charge in [-0.3, -0.25) is 0 Å². The first kappa shape index (κ1) is 13.9. The van der Waals surface area contributed by atoms with Crippen LogP contribution in [0.15, 0.2) is 54.6 Å². The molecule has 1 heterocycles. The number of aliphatic hydroxyl groups excluding tert-OH is 1. The predicted molar refractivity (Wildman–Crippen MR) is 87.8 cm³/mol. The van der Waals surface area contributed by atoms with Crippen molar-refractivity contribution in [1.82, 2.24) is 4.98 Å². The quantitative estimate of drug-likeness (QED) is 0.766. The molecule has 4 heteroatoms. The second-order valence-electron chi connectivity index (χ2n) is 4.73. The molecule has 2 aromatic carbocycles. The van der Waals surface area contributed by atoms with Crippen LogP contribution in [0.2, 0.25) is 5.02 Å². The molecule has 3 rings (SSSR count). The standard InChI is InChI=1S/C17H15ClN2O/c18-13-6-7-16-15(10-13)14(12-4-2-1-3-5-12)11-17(20-16)19-8-9-21/h1-7,10-11,21H,8-9H2,(H,19,20). The Morgan fingerprint density at radius 2 is 1.86 bits per heavy atom. The fourth-order valence-electron chi connectivity index (χ4n) is 2.33. The summed E-state index contributed by atoms with van der Waals surface area (Å²) in [5.41, 5.74) is 3.06. The fourth-order valence-corrected chi connectivity index (χ4v) is 2.50.